The molecule has 2 aliphatic carbocycles. The van der Waals surface area contributed by atoms with Crippen molar-refractivity contribution >= 4 is 75.3 Å². The van der Waals surface area contributed by atoms with Crippen molar-refractivity contribution in [1.29, 1.82) is 0 Å². The van der Waals surface area contributed by atoms with E-state index in [4.69, 9.17) is 24.2 Å². The molecule has 6 fully saturated rings. The van der Waals surface area contributed by atoms with Crippen LogP contribution in [-0.2, 0) is 14.2 Å². The maximum Gasteiger partial charge on any atom is 0.410 e. The molecule has 0 unspecified atom stereocenters. The Kier molecular flexibility index (Phi) is 15.6. The van der Waals surface area contributed by atoms with Gasteiger partial charge in [0, 0.05) is 102 Å². The Hall–Kier alpha value is -7.83. The Morgan fingerprint density at radius 2 is 1.00 bits per heavy atom. The molecular formula is C57H72N16O8. The average Bonchev–Trinajstić information content (AvgIpc) is 4.46. The van der Waals surface area contributed by atoms with Gasteiger partial charge in [-0.25, -0.2) is 24.7 Å². The summed E-state index contributed by atoms with van der Waals surface area (Å²) in [4.78, 5) is 102. The van der Waals surface area contributed by atoms with Crippen LogP contribution in [0.3, 0.4) is 0 Å². The molecule has 6 aliphatic rings. The van der Waals surface area contributed by atoms with Crippen LogP contribution in [-0.4, -0.2) is 204 Å². The maximum atomic E-state index is 13.6. The highest BCUT2D eigenvalue weighted by atomic mass is 16.6. The molecule has 81 heavy (non-hydrogen) atoms. The summed E-state index contributed by atoms with van der Waals surface area (Å²) in [6.45, 7) is 9.45. The predicted molar refractivity (Wildman–Crippen MR) is 301 cm³/mol. The Morgan fingerprint density at radius 1 is 0.580 bits per heavy atom. The van der Waals surface area contributed by atoms with Gasteiger partial charge in [0.25, 0.3) is 23.6 Å². The van der Waals surface area contributed by atoms with E-state index in [1.54, 1.807) is 85.7 Å². The summed E-state index contributed by atoms with van der Waals surface area (Å²) in [7, 11) is 7.03. The monoisotopic (exact) mass is 1110 g/mol. The number of anilines is 4. The highest BCUT2D eigenvalue weighted by Crippen LogP contribution is 2.37. The van der Waals surface area contributed by atoms with Gasteiger partial charge < -0.3 is 63.8 Å². The Morgan fingerprint density at radius 3 is 1.40 bits per heavy atom. The van der Waals surface area contributed by atoms with Crippen molar-refractivity contribution in [2.75, 3.05) is 91.4 Å². The van der Waals surface area contributed by atoms with E-state index in [-0.39, 0.29) is 66.0 Å². The minimum absolute atomic E-state index is 0.0241. The number of rotatable bonds is 10. The molecule has 24 heteroatoms. The Balaban J connectivity index is 0.000000173. The number of morpholine rings is 2. The number of piperazine rings is 2. The van der Waals surface area contributed by atoms with Crippen molar-refractivity contribution in [2.24, 2.45) is 0 Å². The first-order valence-corrected chi connectivity index (χ1v) is 28.1. The summed E-state index contributed by atoms with van der Waals surface area (Å²) in [6, 6.07) is 10.7. The first-order chi connectivity index (χ1) is 39.0. The lowest BCUT2D eigenvalue weighted by Crippen LogP contribution is -2.67. The third-order valence-electron chi connectivity index (χ3n) is 15.8. The highest BCUT2D eigenvalue weighted by Gasteiger charge is 2.44. The third kappa shape index (κ3) is 11.6. The van der Waals surface area contributed by atoms with Crippen molar-refractivity contribution in [1.82, 2.24) is 68.9 Å². The second-order valence-electron chi connectivity index (χ2n) is 23.3. The summed E-state index contributed by atoms with van der Waals surface area (Å²) in [5.74, 6) is 1.51. The van der Waals surface area contributed by atoms with Crippen molar-refractivity contribution < 1.29 is 38.2 Å². The Bertz CT molecular complexity index is 3270. The van der Waals surface area contributed by atoms with E-state index in [2.05, 4.69) is 45.0 Å². The van der Waals surface area contributed by atoms with Crippen LogP contribution in [0.2, 0.25) is 0 Å². The number of hydrogen-bond acceptors (Lipinski definition) is 17. The zero-order chi connectivity index (χ0) is 56.7. The van der Waals surface area contributed by atoms with Crippen LogP contribution in [0.1, 0.15) is 126 Å². The van der Waals surface area contributed by atoms with Gasteiger partial charge in [0.15, 0.2) is 0 Å². The van der Waals surface area contributed by atoms with Crippen LogP contribution in [0.4, 0.5) is 28.3 Å². The second-order valence-corrected chi connectivity index (χ2v) is 23.3. The first-order valence-electron chi connectivity index (χ1n) is 28.1. The standard InChI is InChI=1S/C31H40N8O5.C26H32N8O3/c1-31(2,3)44-30(42)37-15-22-17-43-18-23(16-37)38(22)27(40)19-10-11-25(32-13-19)34-29-33-14-20-12-24(28(41)36(4)5)39(26(20)35-29)21-8-6-7-9-21;1-32(2)25(36)21-9-17-11-29-26(31-23(17)34(21)18-5-3-4-6-18)30-22-8-7-16(10-28-22)24(35)33-19-12-27-13-20(33)15-37-14-19/h10-14,21-23H,6-9,15-18H2,1-5H3,(H,32,33,34,35);7-11,18-20,27H,3-6,12-15H2,1-2H3,(H,28,29,30,31)/t22-,23+;19-,20+. The zero-order valence-corrected chi connectivity index (χ0v) is 47.1. The molecule has 6 aromatic rings. The summed E-state index contributed by atoms with van der Waals surface area (Å²) >= 11 is 0. The normalized spacial score (nSPS) is 21.1. The molecule has 4 atom stereocenters. The minimum Gasteiger partial charge on any atom is -0.444 e. The summed E-state index contributed by atoms with van der Waals surface area (Å²) in [5, 5.41) is 11.3. The van der Waals surface area contributed by atoms with Gasteiger partial charge in [-0.05, 0) is 82.9 Å². The fraction of sp³-hybridized carbons (Fsp3) is 0.526. The van der Waals surface area contributed by atoms with E-state index in [1.165, 1.54) is 6.20 Å². The van der Waals surface area contributed by atoms with Crippen LogP contribution in [0.25, 0.3) is 22.1 Å². The number of fused-ring (bicyclic) bond motifs is 6. The van der Waals surface area contributed by atoms with E-state index in [1.807, 2.05) is 42.7 Å². The van der Waals surface area contributed by atoms with Gasteiger partial charge in [-0.1, -0.05) is 25.7 Å². The van der Waals surface area contributed by atoms with Crippen molar-refractivity contribution in [3.63, 3.8) is 0 Å². The molecule has 5 amide bonds. The molecule has 24 nitrogen and oxygen atoms in total. The molecule has 3 N–H and O–H groups in total. The van der Waals surface area contributed by atoms with Gasteiger partial charge >= 0.3 is 6.09 Å². The molecule has 0 radical (unpaired) electrons. The number of nitrogens with zero attached hydrogens (tertiary/aromatic N) is 13. The van der Waals surface area contributed by atoms with Crippen molar-refractivity contribution in [3.05, 3.63) is 83.7 Å². The maximum absolute atomic E-state index is 13.6. The lowest BCUT2D eigenvalue weighted by atomic mass is 10.0. The Labute approximate surface area is 469 Å². The SMILES string of the molecule is CN(C)C(=O)c1cc2cnc(Nc3ccc(C(=O)N4[C@@H]5CNC[C@H]4COC5)cn3)nc2n1C1CCCC1.CN(C)C(=O)c1cc2cnc(Nc3ccc(C(=O)N4[C@@H]5COC[C@H]4CN(C(=O)OC(C)(C)C)C5)cn3)nc2n1C1CCCC1. The van der Waals surface area contributed by atoms with Gasteiger partial charge in [0.2, 0.25) is 11.9 Å². The van der Waals surface area contributed by atoms with Gasteiger partial charge in [0.1, 0.15) is 39.9 Å². The zero-order valence-electron chi connectivity index (χ0n) is 47.1. The molecule has 4 saturated heterocycles. The number of ether oxygens (including phenoxy) is 3. The van der Waals surface area contributed by atoms with Crippen molar-refractivity contribution in [2.45, 2.75) is 114 Å². The van der Waals surface area contributed by atoms with Crippen LogP contribution in [0.5, 0.6) is 0 Å². The van der Waals surface area contributed by atoms with Gasteiger partial charge in [-0.15, -0.1) is 0 Å². The van der Waals surface area contributed by atoms with E-state index in [0.29, 0.717) is 91.2 Å². The smallest absolute Gasteiger partial charge is 0.410 e. The molecule has 428 valence electrons. The predicted octanol–water partition coefficient (Wildman–Crippen LogP) is 6.05. The molecule has 0 spiro atoms. The summed E-state index contributed by atoms with van der Waals surface area (Å²) in [5.41, 5.74) is 3.11. The highest BCUT2D eigenvalue weighted by molar-refractivity contribution is 5.99. The lowest BCUT2D eigenvalue weighted by Gasteiger charge is -2.49. The number of amides is 5. The van der Waals surface area contributed by atoms with Gasteiger partial charge in [-0.3, -0.25) is 19.2 Å². The van der Waals surface area contributed by atoms with Crippen LogP contribution in [0.15, 0.2) is 61.2 Å². The molecular weight excluding hydrogens is 1040 g/mol. The largest absolute Gasteiger partial charge is 0.444 e. The fourth-order valence-electron chi connectivity index (χ4n) is 12.0. The van der Waals surface area contributed by atoms with Gasteiger partial charge in [0.05, 0.1) is 61.7 Å². The molecule has 12 rings (SSSR count). The van der Waals surface area contributed by atoms with Crippen LogP contribution in [0, 0.1) is 0 Å². The van der Waals surface area contributed by atoms with E-state index >= 15 is 0 Å². The quantitative estimate of drug-likeness (QED) is 0.141. The number of nitrogens with one attached hydrogen (secondary N) is 3. The molecule has 0 aromatic carbocycles. The van der Waals surface area contributed by atoms with E-state index in [9.17, 15) is 24.0 Å². The molecule has 10 heterocycles. The van der Waals surface area contributed by atoms with E-state index < -0.39 is 5.60 Å². The van der Waals surface area contributed by atoms with E-state index in [0.717, 1.165) is 80.9 Å². The number of carbonyl (C=O) groups excluding carboxylic acids is 5. The summed E-state index contributed by atoms with van der Waals surface area (Å²) in [6.07, 6.45) is 14.8. The number of pyridine rings is 2. The molecule has 4 aliphatic heterocycles. The third-order valence-corrected chi connectivity index (χ3v) is 15.8. The van der Waals surface area contributed by atoms with Gasteiger partial charge in [-0.2, -0.15) is 9.97 Å². The average molecular weight is 1110 g/mol. The second kappa shape index (κ2) is 23.0. The van der Waals surface area contributed by atoms with Crippen LogP contribution < -0.4 is 16.0 Å². The summed E-state index contributed by atoms with van der Waals surface area (Å²) < 4.78 is 21.1. The molecule has 6 aromatic heterocycles. The van der Waals surface area contributed by atoms with Crippen molar-refractivity contribution in [3.8, 4) is 0 Å². The molecule has 4 bridgehead atoms. The molecule has 2 saturated carbocycles. The minimum atomic E-state index is -0.595. The topological polar surface area (TPSA) is 253 Å². The number of hydrogen-bond donors (Lipinski definition) is 3. The first kappa shape index (κ1) is 55.1. The van der Waals surface area contributed by atoms with Crippen LogP contribution >= 0.6 is 0 Å². The number of aromatic nitrogens is 8. The number of carbonyl (C=O) groups is 5. The lowest BCUT2D eigenvalue weighted by molar-refractivity contribution is -0.0816. The fourth-order valence-corrected chi connectivity index (χ4v) is 12.0.